The number of anilines is 1. The molecule has 8 nitrogen and oxygen atoms in total. The Kier molecular flexibility index (Phi) is 4.86. The molecule has 2 N–H and O–H groups in total. The lowest BCUT2D eigenvalue weighted by atomic mass is 9.91. The molecule has 1 fully saturated rings. The standard InChI is InChI=1S/C16H22N6O2/c1-3-22-14(19-20-21-22)12-5-4-6-13(11-12)18-15(23)16(24-2)7-9-17-10-8-16/h4-6,11,17H,3,7-10H2,1-2H3,(H,18,23). The molecule has 128 valence electrons. The summed E-state index contributed by atoms with van der Waals surface area (Å²) in [6.07, 6.45) is 1.31. The number of ether oxygens (including phenoxy) is 1. The predicted octanol–water partition coefficient (Wildman–Crippen LogP) is 1.07. The minimum atomic E-state index is -0.772. The number of aromatic nitrogens is 4. The maximum absolute atomic E-state index is 12.7. The number of carbonyl (C=O) groups is 1. The third-order valence-electron chi connectivity index (χ3n) is 4.43. The molecule has 1 saturated heterocycles. The molecule has 0 bridgehead atoms. The monoisotopic (exact) mass is 330 g/mol. The van der Waals surface area contributed by atoms with Crippen LogP contribution in [0.5, 0.6) is 0 Å². The normalized spacial score (nSPS) is 16.8. The molecule has 0 unspecified atom stereocenters. The topological polar surface area (TPSA) is 94.0 Å². The van der Waals surface area contributed by atoms with E-state index in [-0.39, 0.29) is 5.91 Å². The van der Waals surface area contributed by atoms with Crippen LogP contribution in [0.1, 0.15) is 19.8 Å². The molecule has 1 amide bonds. The van der Waals surface area contributed by atoms with Gasteiger partial charge >= 0.3 is 0 Å². The second-order valence-corrected chi connectivity index (χ2v) is 5.80. The number of methoxy groups -OCH3 is 1. The van der Waals surface area contributed by atoms with Gasteiger partial charge in [-0.1, -0.05) is 12.1 Å². The summed E-state index contributed by atoms with van der Waals surface area (Å²) < 4.78 is 7.28. The number of rotatable bonds is 5. The SMILES string of the molecule is CCn1nnnc1-c1cccc(NC(=O)C2(OC)CCNCC2)c1. The van der Waals surface area contributed by atoms with Gasteiger partial charge in [-0.3, -0.25) is 4.79 Å². The van der Waals surface area contributed by atoms with Crippen molar-refractivity contribution in [2.45, 2.75) is 31.9 Å². The van der Waals surface area contributed by atoms with E-state index in [1.165, 1.54) is 0 Å². The molecule has 24 heavy (non-hydrogen) atoms. The van der Waals surface area contributed by atoms with Crippen molar-refractivity contribution in [1.82, 2.24) is 25.5 Å². The van der Waals surface area contributed by atoms with Crippen molar-refractivity contribution < 1.29 is 9.53 Å². The predicted molar refractivity (Wildman–Crippen MR) is 89.4 cm³/mol. The highest BCUT2D eigenvalue weighted by atomic mass is 16.5. The van der Waals surface area contributed by atoms with E-state index in [4.69, 9.17) is 4.74 Å². The van der Waals surface area contributed by atoms with Gasteiger partial charge in [0, 0.05) is 24.9 Å². The first kappa shape index (κ1) is 16.5. The van der Waals surface area contributed by atoms with Crippen LogP contribution in [0.25, 0.3) is 11.4 Å². The van der Waals surface area contributed by atoms with Crippen molar-refractivity contribution in [2.75, 3.05) is 25.5 Å². The Balaban J connectivity index is 1.80. The zero-order chi connectivity index (χ0) is 17.0. The highest BCUT2D eigenvalue weighted by Crippen LogP contribution is 2.26. The fraction of sp³-hybridized carbons (Fsp3) is 0.500. The maximum atomic E-state index is 12.7. The molecule has 1 aromatic carbocycles. The number of nitrogens with zero attached hydrogens (tertiary/aromatic N) is 4. The lowest BCUT2D eigenvalue weighted by Gasteiger charge is -2.34. The summed E-state index contributed by atoms with van der Waals surface area (Å²) >= 11 is 0. The quantitative estimate of drug-likeness (QED) is 0.851. The minimum absolute atomic E-state index is 0.112. The molecule has 1 aliphatic rings. The van der Waals surface area contributed by atoms with Gasteiger partial charge in [0.25, 0.3) is 5.91 Å². The number of aryl methyl sites for hydroxylation is 1. The highest BCUT2D eigenvalue weighted by molar-refractivity contribution is 5.97. The van der Waals surface area contributed by atoms with E-state index in [2.05, 4.69) is 26.2 Å². The van der Waals surface area contributed by atoms with Gasteiger partial charge in [-0.15, -0.1) is 5.10 Å². The summed E-state index contributed by atoms with van der Waals surface area (Å²) in [6.45, 7) is 4.20. The van der Waals surface area contributed by atoms with Crippen molar-refractivity contribution in [3.8, 4) is 11.4 Å². The first-order valence-corrected chi connectivity index (χ1v) is 8.12. The van der Waals surface area contributed by atoms with Crippen LogP contribution in [0.4, 0.5) is 5.69 Å². The fourth-order valence-corrected chi connectivity index (χ4v) is 2.96. The Morgan fingerprint density at radius 3 is 2.92 bits per heavy atom. The van der Waals surface area contributed by atoms with Gasteiger partial charge < -0.3 is 15.4 Å². The van der Waals surface area contributed by atoms with E-state index >= 15 is 0 Å². The highest BCUT2D eigenvalue weighted by Gasteiger charge is 2.39. The second-order valence-electron chi connectivity index (χ2n) is 5.80. The van der Waals surface area contributed by atoms with E-state index in [0.29, 0.717) is 30.9 Å². The Labute approximate surface area is 140 Å². The number of amides is 1. The second kappa shape index (κ2) is 7.06. The van der Waals surface area contributed by atoms with Crippen LogP contribution < -0.4 is 10.6 Å². The molecule has 2 heterocycles. The fourth-order valence-electron chi connectivity index (χ4n) is 2.96. The summed E-state index contributed by atoms with van der Waals surface area (Å²) in [5.41, 5.74) is 0.793. The first-order valence-electron chi connectivity index (χ1n) is 8.12. The number of nitrogens with one attached hydrogen (secondary N) is 2. The van der Waals surface area contributed by atoms with Crippen LogP contribution in [0, 0.1) is 0 Å². The third-order valence-corrected chi connectivity index (χ3v) is 4.43. The summed E-state index contributed by atoms with van der Waals surface area (Å²) in [6, 6.07) is 7.53. The van der Waals surface area contributed by atoms with Gasteiger partial charge in [0.1, 0.15) is 5.60 Å². The molecule has 0 spiro atoms. The molecular weight excluding hydrogens is 308 g/mol. The van der Waals surface area contributed by atoms with Crippen LogP contribution >= 0.6 is 0 Å². The van der Waals surface area contributed by atoms with Gasteiger partial charge in [-0.05, 0) is 55.4 Å². The third kappa shape index (κ3) is 3.15. The molecule has 1 aliphatic heterocycles. The zero-order valence-corrected chi connectivity index (χ0v) is 14.0. The van der Waals surface area contributed by atoms with Crippen molar-refractivity contribution >= 4 is 11.6 Å². The van der Waals surface area contributed by atoms with Crippen molar-refractivity contribution in [2.24, 2.45) is 0 Å². The van der Waals surface area contributed by atoms with Crippen LogP contribution in [0.2, 0.25) is 0 Å². The van der Waals surface area contributed by atoms with E-state index in [1.807, 2.05) is 31.2 Å². The summed E-state index contributed by atoms with van der Waals surface area (Å²) in [5.74, 6) is 0.565. The number of hydrogen-bond acceptors (Lipinski definition) is 6. The van der Waals surface area contributed by atoms with E-state index in [0.717, 1.165) is 18.7 Å². The maximum Gasteiger partial charge on any atom is 0.256 e. The van der Waals surface area contributed by atoms with Crippen molar-refractivity contribution in [3.05, 3.63) is 24.3 Å². The Bertz CT molecular complexity index is 708. The van der Waals surface area contributed by atoms with Gasteiger partial charge in [0.2, 0.25) is 0 Å². The molecule has 0 radical (unpaired) electrons. The molecule has 1 aromatic heterocycles. The number of carbonyl (C=O) groups excluding carboxylic acids is 1. The smallest absolute Gasteiger partial charge is 0.256 e. The lowest BCUT2D eigenvalue weighted by Crippen LogP contribution is -2.51. The average molecular weight is 330 g/mol. The Morgan fingerprint density at radius 1 is 1.42 bits per heavy atom. The number of piperidine rings is 1. The molecule has 0 atom stereocenters. The summed E-state index contributed by atoms with van der Waals surface area (Å²) in [5, 5.41) is 17.9. The van der Waals surface area contributed by atoms with Gasteiger partial charge in [0.15, 0.2) is 5.82 Å². The van der Waals surface area contributed by atoms with E-state index in [9.17, 15) is 4.79 Å². The van der Waals surface area contributed by atoms with Crippen molar-refractivity contribution in [3.63, 3.8) is 0 Å². The van der Waals surface area contributed by atoms with Gasteiger partial charge in [0.05, 0.1) is 0 Å². The van der Waals surface area contributed by atoms with E-state index < -0.39 is 5.60 Å². The van der Waals surface area contributed by atoms with Crippen LogP contribution in [0.15, 0.2) is 24.3 Å². The van der Waals surface area contributed by atoms with Gasteiger partial charge in [-0.2, -0.15) is 0 Å². The Morgan fingerprint density at radius 2 is 2.21 bits per heavy atom. The van der Waals surface area contributed by atoms with E-state index in [1.54, 1.807) is 11.8 Å². The Hall–Kier alpha value is -2.32. The van der Waals surface area contributed by atoms with Crippen LogP contribution in [-0.2, 0) is 16.1 Å². The largest absolute Gasteiger partial charge is 0.368 e. The average Bonchev–Trinajstić information content (AvgIpc) is 3.11. The number of hydrogen-bond donors (Lipinski definition) is 2. The summed E-state index contributed by atoms with van der Waals surface area (Å²) in [7, 11) is 1.59. The molecular formula is C16H22N6O2. The van der Waals surface area contributed by atoms with Crippen LogP contribution in [0.3, 0.4) is 0 Å². The zero-order valence-electron chi connectivity index (χ0n) is 14.0. The van der Waals surface area contributed by atoms with Crippen molar-refractivity contribution in [1.29, 1.82) is 0 Å². The first-order chi connectivity index (χ1) is 11.7. The molecule has 2 aromatic rings. The molecule has 8 heteroatoms. The number of benzene rings is 1. The summed E-state index contributed by atoms with van der Waals surface area (Å²) in [4.78, 5) is 12.7. The lowest BCUT2D eigenvalue weighted by molar-refractivity contribution is -0.140. The molecule has 3 rings (SSSR count). The minimum Gasteiger partial charge on any atom is -0.368 e. The number of tetrazole rings is 1. The van der Waals surface area contributed by atoms with Gasteiger partial charge in [-0.25, -0.2) is 4.68 Å². The van der Waals surface area contributed by atoms with Crippen LogP contribution in [-0.4, -0.2) is 51.9 Å². The molecule has 0 aliphatic carbocycles. The molecule has 0 saturated carbocycles.